The molecule has 2 fully saturated rings. The number of aliphatic hydroxyl groups is 1. The summed E-state index contributed by atoms with van der Waals surface area (Å²) in [5, 5.41) is 11.3. The molecule has 1 aromatic carbocycles. The zero-order chi connectivity index (χ0) is 27.5. The summed E-state index contributed by atoms with van der Waals surface area (Å²) in [5.74, 6) is 1.21. The quantitative estimate of drug-likeness (QED) is 0.306. The number of rotatable bonds is 4. The maximum absolute atomic E-state index is 13.1. The molecule has 0 unspecified atom stereocenters. The van der Waals surface area contributed by atoms with Gasteiger partial charge in [-0.05, 0) is 50.8 Å². The Morgan fingerprint density at radius 2 is 1.95 bits per heavy atom. The standard InChI is InChI=1S/C27H35N9O3/c1-15-10-16(2)21-17(11-15)31-19(32-21)4-5-20(37)35-8-6-27(7-9-35)12-18(26(3,38)13-39-27)36-14-30-22-23(28)33-25(29)34-24(22)36/h10-11,14,18,38H,4-9,12-13H2,1-3H3,(H,31,32)(H4,28,29,33,34)/t18-,26-/m0/s1. The number of hydrogen-bond acceptors (Lipinski definition) is 9. The molecule has 3 aromatic heterocycles. The highest BCUT2D eigenvalue weighted by Crippen LogP contribution is 2.44. The summed E-state index contributed by atoms with van der Waals surface area (Å²) in [4.78, 5) is 35.8. The zero-order valence-electron chi connectivity index (χ0n) is 22.6. The van der Waals surface area contributed by atoms with Crippen LogP contribution >= 0.6 is 0 Å². The van der Waals surface area contributed by atoms with Gasteiger partial charge in [0.15, 0.2) is 11.5 Å². The van der Waals surface area contributed by atoms with E-state index in [1.54, 1.807) is 13.3 Å². The number of carbonyl (C=O) groups excluding carboxylic acids is 1. The number of nitrogens with zero attached hydrogens (tertiary/aromatic N) is 6. The second-order valence-corrected chi connectivity index (χ2v) is 11.4. The molecule has 12 nitrogen and oxygen atoms in total. The van der Waals surface area contributed by atoms with E-state index in [4.69, 9.17) is 21.2 Å². The van der Waals surface area contributed by atoms with E-state index in [0.717, 1.165) is 22.4 Å². The van der Waals surface area contributed by atoms with Crippen molar-refractivity contribution in [3.63, 3.8) is 0 Å². The predicted molar refractivity (Wildman–Crippen MR) is 147 cm³/mol. The van der Waals surface area contributed by atoms with Gasteiger partial charge >= 0.3 is 0 Å². The van der Waals surface area contributed by atoms with Gasteiger partial charge in [0, 0.05) is 32.4 Å². The number of hydrogen-bond donors (Lipinski definition) is 4. The molecule has 1 amide bonds. The fourth-order valence-corrected chi connectivity index (χ4v) is 6.14. The van der Waals surface area contributed by atoms with Crippen LogP contribution in [-0.2, 0) is 16.0 Å². The number of aryl methyl sites for hydroxylation is 3. The minimum atomic E-state index is -1.15. The smallest absolute Gasteiger partial charge is 0.224 e. The molecule has 0 aliphatic carbocycles. The van der Waals surface area contributed by atoms with Crippen LogP contribution in [0.2, 0.25) is 0 Å². The number of likely N-dealkylation sites (tertiary alicyclic amines) is 1. The lowest BCUT2D eigenvalue weighted by molar-refractivity contribution is -0.201. The van der Waals surface area contributed by atoms with Crippen molar-refractivity contribution in [2.75, 3.05) is 31.2 Å². The molecule has 39 heavy (non-hydrogen) atoms. The average Bonchev–Trinajstić information content (AvgIpc) is 3.49. The first-order chi connectivity index (χ1) is 18.5. The van der Waals surface area contributed by atoms with Gasteiger partial charge in [0.25, 0.3) is 0 Å². The highest BCUT2D eigenvalue weighted by Gasteiger charge is 2.50. The topological polar surface area (TPSA) is 174 Å². The van der Waals surface area contributed by atoms with E-state index in [-0.39, 0.29) is 30.3 Å². The van der Waals surface area contributed by atoms with Crippen molar-refractivity contribution in [3.8, 4) is 0 Å². The van der Waals surface area contributed by atoms with Gasteiger partial charge in [0.05, 0.1) is 35.6 Å². The minimum absolute atomic E-state index is 0.0582. The predicted octanol–water partition coefficient (Wildman–Crippen LogP) is 2.19. The number of H-pyrrole nitrogens is 1. The number of carbonyl (C=O) groups is 1. The van der Waals surface area contributed by atoms with Crippen LogP contribution in [0.15, 0.2) is 18.5 Å². The van der Waals surface area contributed by atoms with Gasteiger partial charge in [-0.15, -0.1) is 0 Å². The van der Waals surface area contributed by atoms with Crippen molar-refractivity contribution >= 4 is 39.9 Å². The molecule has 0 bridgehead atoms. The van der Waals surface area contributed by atoms with E-state index >= 15 is 0 Å². The Kier molecular flexibility index (Phi) is 5.99. The molecule has 2 aliphatic heterocycles. The molecule has 1 spiro atoms. The maximum Gasteiger partial charge on any atom is 0.224 e. The molecule has 206 valence electrons. The van der Waals surface area contributed by atoms with Gasteiger partial charge in [-0.25, -0.2) is 9.97 Å². The first-order valence-corrected chi connectivity index (χ1v) is 13.4. The van der Waals surface area contributed by atoms with Gasteiger partial charge in [-0.2, -0.15) is 9.97 Å². The molecule has 5 heterocycles. The number of imidazole rings is 2. The fourth-order valence-electron chi connectivity index (χ4n) is 6.14. The number of nitrogen functional groups attached to an aromatic ring is 2. The van der Waals surface area contributed by atoms with Gasteiger partial charge < -0.3 is 35.8 Å². The molecule has 0 radical (unpaired) electrons. The summed E-state index contributed by atoms with van der Waals surface area (Å²) in [6.45, 7) is 7.23. The molecular weight excluding hydrogens is 498 g/mol. The SMILES string of the molecule is Cc1cc(C)c2nc(CCC(=O)N3CCC4(CC3)C[C@H](n3cnc5c(N)nc(N)nc53)[C@@](C)(O)CO4)[nH]c2c1. The number of aromatic nitrogens is 6. The van der Waals surface area contributed by atoms with E-state index in [0.29, 0.717) is 56.4 Å². The van der Waals surface area contributed by atoms with Crippen molar-refractivity contribution in [3.05, 3.63) is 35.4 Å². The van der Waals surface area contributed by atoms with Gasteiger partial charge in [-0.3, -0.25) is 4.79 Å². The first kappa shape index (κ1) is 25.5. The van der Waals surface area contributed by atoms with E-state index in [1.807, 2.05) is 9.47 Å². The number of fused-ring (bicyclic) bond motifs is 2. The van der Waals surface area contributed by atoms with Crippen molar-refractivity contribution in [1.82, 2.24) is 34.4 Å². The van der Waals surface area contributed by atoms with Crippen molar-refractivity contribution < 1.29 is 14.6 Å². The molecular formula is C27H35N9O3. The number of ether oxygens (including phenoxy) is 1. The molecule has 2 atom stereocenters. The van der Waals surface area contributed by atoms with Gasteiger partial charge in [0.1, 0.15) is 16.9 Å². The van der Waals surface area contributed by atoms with Crippen LogP contribution in [0.1, 0.15) is 55.6 Å². The number of anilines is 2. The van der Waals surface area contributed by atoms with Crippen molar-refractivity contribution in [2.45, 2.75) is 70.1 Å². The maximum atomic E-state index is 13.1. The summed E-state index contributed by atoms with van der Waals surface area (Å²) in [5.41, 5.74) is 15.5. The number of benzene rings is 1. The molecule has 6 N–H and O–H groups in total. The molecule has 2 aliphatic rings. The number of nitrogens with two attached hydrogens (primary N) is 2. The third-order valence-corrected chi connectivity index (χ3v) is 8.33. The third kappa shape index (κ3) is 4.57. The first-order valence-electron chi connectivity index (χ1n) is 13.4. The monoisotopic (exact) mass is 533 g/mol. The van der Waals surface area contributed by atoms with Gasteiger partial charge in [-0.1, -0.05) is 6.07 Å². The Hall–Kier alpha value is -3.77. The molecule has 0 saturated carbocycles. The van der Waals surface area contributed by atoms with Crippen LogP contribution in [0.3, 0.4) is 0 Å². The van der Waals surface area contributed by atoms with Crippen LogP contribution in [0.4, 0.5) is 11.8 Å². The molecule has 6 rings (SSSR count). The summed E-state index contributed by atoms with van der Waals surface area (Å²) >= 11 is 0. The summed E-state index contributed by atoms with van der Waals surface area (Å²) < 4.78 is 8.14. The molecule has 4 aromatic rings. The normalized spacial score (nSPS) is 23.2. The van der Waals surface area contributed by atoms with E-state index < -0.39 is 11.2 Å². The lowest BCUT2D eigenvalue weighted by Crippen LogP contribution is -2.57. The lowest BCUT2D eigenvalue weighted by atomic mass is 9.77. The minimum Gasteiger partial charge on any atom is -0.386 e. The van der Waals surface area contributed by atoms with E-state index in [1.165, 1.54) is 5.56 Å². The van der Waals surface area contributed by atoms with Crippen LogP contribution in [0.5, 0.6) is 0 Å². The third-order valence-electron chi connectivity index (χ3n) is 8.33. The number of aromatic amines is 1. The largest absolute Gasteiger partial charge is 0.386 e. The van der Waals surface area contributed by atoms with Crippen molar-refractivity contribution in [2.24, 2.45) is 0 Å². The Balaban J connectivity index is 1.12. The molecule has 12 heteroatoms. The summed E-state index contributed by atoms with van der Waals surface area (Å²) in [6.07, 6.45) is 4.51. The Bertz CT molecular complexity index is 1570. The Morgan fingerprint density at radius 1 is 1.18 bits per heavy atom. The number of amides is 1. The average molecular weight is 534 g/mol. The second-order valence-electron chi connectivity index (χ2n) is 11.4. The van der Waals surface area contributed by atoms with Crippen LogP contribution in [0, 0.1) is 13.8 Å². The van der Waals surface area contributed by atoms with Crippen LogP contribution < -0.4 is 11.5 Å². The lowest BCUT2D eigenvalue weighted by Gasteiger charge is -2.51. The van der Waals surface area contributed by atoms with Crippen LogP contribution in [0.25, 0.3) is 22.2 Å². The highest BCUT2D eigenvalue weighted by atomic mass is 16.5. The zero-order valence-corrected chi connectivity index (χ0v) is 22.6. The van der Waals surface area contributed by atoms with Crippen LogP contribution in [-0.4, -0.2) is 76.3 Å². The second kappa shape index (κ2) is 9.16. The molecule has 2 saturated heterocycles. The van der Waals surface area contributed by atoms with Crippen molar-refractivity contribution in [1.29, 1.82) is 0 Å². The Morgan fingerprint density at radius 3 is 2.72 bits per heavy atom. The van der Waals surface area contributed by atoms with E-state index in [2.05, 4.69) is 45.9 Å². The van der Waals surface area contributed by atoms with Gasteiger partial charge in [0.2, 0.25) is 11.9 Å². The van der Waals surface area contributed by atoms with E-state index in [9.17, 15) is 9.90 Å². The summed E-state index contributed by atoms with van der Waals surface area (Å²) in [7, 11) is 0. The fraction of sp³-hybridized carbons (Fsp3) is 0.519. The number of nitrogens with one attached hydrogen (secondary N) is 1. The highest BCUT2D eigenvalue weighted by molar-refractivity contribution is 5.83. The Labute approximate surface area is 225 Å². The summed E-state index contributed by atoms with van der Waals surface area (Å²) in [6, 6.07) is 3.85. The number of piperidine rings is 1.